The Morgan fingerprint density at radius 1 is 1.31 bits per heavy atom. The van der Waals surface area contributed by atoms with E-state index in [1.807, 2.05) is 0 Å². The van der Waals surface area contributed by atoms with E-state index in [1.54, 1.807) is 0 Å². The molecule has 0 aliphatic heterocycles. The zero-order valence-electron chi connectivity index (χ0n) is 10.5. The van der Waals surface area contributed by atoms with Crippen molar-refractivity contribution in [3.05, 3.63) is 0 Å². The minimum absolute atomic E-state index is 0.312. The highest BCUT2D eigenvalue weighted by Crippen LogP contribution is 2.40. The molecule has 2 aliphatic rings. The summed E-state index contributed by atoms with van der Waals surface area (Å²) in [5, 5.41) is 12.5. The van der Waals surface area contributed by atoms with Crippen LogP contribution in [0.2, 0.25) is 0 Å². The smallest absolute Gasteiger partial charge is 0.0558 e. The van der Waals surface area contributed by atoms with Crippen molar-refractivity contribution in [1.29, 1.82) is 0 Å². The number of rotatable bonds is 7. The molecule has 0 aromatic rings. The van der Waals surface area contributed by atoms with Crippen LogP contribution in [0, 0.1) is 5.41 Å². The van der Waals surface area contributed by atoms with Crippen LogP contribution in [0.15, 0.2) is 0 Å². The maximum atomic E-state index is 9.14. The van der Waals surface area contributed by atoms with E-state index in [9.17, 15) is 0 Å². The number of nitrogens with zero attached hydrogens (tertiary/aromatic N) is 1. The van der Waals surface area contributed by atoms with Gasteiger partial charge in [0.15, 0.2) is 0 Å². The fourth-order valence-electron chi connectivity index (χ4n) is 3.28. The average molecular weight is 226 g/mol. The molecule has 2 saturated carbocycles. The van der Waals surface area contributed by atoms with Gasteiger partial charge in [0.2, 0.25) is 0 Å². The lowest BCUT2D eigenvalue weighted by molar-refractivity contribution is 0.119. The molecule has 3 heteroatoms. The van der Waals surface area contributed by atoms with Crippen molar-refractivity contribution in [3.63, 3.8) is 0 Å². The Kier molecular flexibility index (Phi) is 4.22. The predicted molar refractivity (Wildman–Crippen MR) is 66.5 cm³/mol. The molecule has 2 fully saturated rings. The normalized spacial score (nSPS) is 24.2. The molecule has 2 N–H and O–H groups in total. The van der Waals surface area contributed by atoms with Crippen LogP contribution >= 0.6 is 0 Å². The van der Waals surface area contributed by atoms with Gasteiger partial charge in [-0.1, -0.05) is 12.8 Å². The maximum absolute atomic E-state index is 9.14. The SMILES string of the molecule is CNCC1(CN(CCO)C2CC2)CCCC1. The molecule has 0 heterocycles. The lowest BCUT2D eigenvalue weighted by Crippen LogP contribution is -2.43. The zero-order chi connectivity index (χ0) is 11.4. The van der Waals surface area contributed by atoms with Gasteiger partial charge in [0.1, 0.15) is 0 Å². The average Bonchev–Trinajstić information content (AvgIpc) is 3.02. The van der Waals surface area contributed by atoms with Crippen LogP contribution in [-0.2, 0) is 0 Å². The minimum atomic E-state index is 0.312. The van der Waals surface area contributed by atoms with Gasteiger partial charge < -0.3 is 10.4 Å². The molecule has 0 atom stereocenters. The van der Waals surface area contributed by atoms with Gasteiger partial charge in [-0.3, -0.25) is 4.90 Å². The highest BCUT2D eigenvalue weighted by molar-refractivity contribution is 4.93. The maximum Gasteiger partial charge on any atom is 0.0558 e. The van der Waals surface area contributed by atoms with E-state index < -0.39 is 0 Å². The van der Waals surface area contributed by atoms with Crippen LogP contribution in [0.5, 0.6) is 0 Å². The quantitative estimate of drug-likeness (QED) is 0.685. The van der Waals surface area contributed by atoms with Crippen molar-refractivity contribution in [1.82, 2.24) is 10.2 Å². The summed E-state index contributed by atoms with van der Waals surface area (Å²) in [4.78, 5) is 2.53. The van der Waals surface area contributed by atoms with E-state index in [-0.39, 0.29) is 0 Å². The van der Waals surface area contributed by atoms with Gasteiger partial charge in [-0.25, -0.2) is 0 Å². The van der Waals surface area contributed by atoms with E-state index in [1.165, 1.54) is 45.1 Å². The standard InChI is InChI=1S/C13H26N2O/c1-14-10-13(6-2-3-7-13)11-15(8-9-16)12-4-5-12/h12,14,16H,2-11H2,1H3. The highest BCUT2D eigenvalue weighted by atomic mass is 16.3. The largest absolute Gasteiger partial charge is 0.395 e. The van der Waals surface area contributed by atoms with Crippen molar-refractivity contribution in [2.75, 3.05) is 33.3 Å². The second-order valence-corrected chi connectivity index (χ2v) is 5.66. The molecule has 0 unspecified atom stereocenters. The summed E-state index contributed by atoms with van der Waals surface area (Å²) in [5.41, 5.74) is 0.493. The fourth-order valence-corrected chi connectivity index (χ4v) is 3.28. The Bertz CT molecular complexity index is 210. The van der Waals surface area contributed by atoms with Gasteiger partial charge in [-0.05, 0) is 38.1 Å². The second-order valence-electron chi connectivity index (χ2n) is 5.66. The number of hydrogen-bond donors (Lipinski definition) is 2. The molecular weight excluding hydrogens is 200 g/mol. The first kappa shape index (κ1) is 12.3. The Labute approximate surface area is 99.2 Å². The molecule has 0 aromatic heterocycles. The van der Waals surface area contributed by atoms with Gasteiger partial charge in [-0.2, -0.15) is 0 Å². The lowest BCUT2D eigenvalue weighted by atomic mass is 9.85. The van der Waals surface area contributed by atoms with Gasteiger partial charge >= 0.3 is 0 Å². The number of hydrogen-bond acceptors (Lipinski definition) is 3. The minimum Gasteiger partial charge on any atom is -0.395 e. The first-order chi connectivity index (χ1) is 7.79. The Morgan fingerprint density at radius 2 is 2.00 bits per heavy atom. The van der Waals surface area contributed by atoms with Crippen molar-refractivity contribution in [2.45, 2.75) is 44.6 Å². The fraction of sp³-hybridized carbons (Fsp3) is 1.00. The van der Waals surface area contributed by atoms with Gasteiger partial charge in [0, 0.05) is 25.7 Å². The third-order valence-corrected chi connectivity index (χ3v) is 4.20. The van der Waals surface area contributed by atoms with E-state index in [4.69, 9.17) is 5.11 Å². The molecule has 0 aromatic carbocycles. The summed E-state index contributed by atoms with van der Waals surface area (Å²) in [7, 11) is 2.06. The Balaban J connectivity index is 1.91. The summed E-state index contributed by atoms with van der Waals surface area (Å²) in [5.74, 6) is 0. The summed E-state index contributed by atoms with van der Waals surface area (Å²) >= 11 is 0. The Morgan fingerprint density at radius 3 is 2.50 bits per heavy atom. The summed E-state index contributed by atoms with van der Waals surface area (Å²) in [6.07, 6.45) is 8.19. The van der Waals surface area contributed by atoms with Gasteiger partial charge in [0.05, 0.1) is 6.61 Å². The predicted octanol–water partition coefficient (Wildman–Crippen LogP) is 1.22. The highest BCUT2D eigenvalue weighted by Gasteiger charge is 2.38. The molecule has 2 rings (SSSR count). The van der Waals surface area contributed by atoms with Crippen molar-refractivity contribution >= 4 is 0 Å². The van der Waals surface area contributed by atoms with Crippen molar-refractivity contribution < 1.29 is 5.11 Å². The van der Waals surface area contributed by atoms with Crippen LogP contribution in [-0.4, -0.2) is 49.3 Å². The molecule has 94 valence electrons. The molecule has 0 saturated heterocycles. The molecule has 0 radical (unpaired) electrons. The van der Waals surface area contributed by atoms with Crippen LogP contribution in [0.3, 0.4) is 0 Å². The number of aliphatic hydroxyl groups is 1. The van der Waals surface area contributed by atoms with Gasteiger partial charge in [-0.15, -0.1) is 0 Å². The topological polar surface area (TPSA) is 35.5 Å². The molecule has 0 amide bonds. The van der Waals surface area contributed by atoms with E-state index in [0.29, 0.717) is 12.0 Å². The zero-order valence-corrected chi connectivity index (χ0v) is 10.5. The first-order valence-corrected chi connectivity index (χ1v) is 6.79. The molecule has 3 nitrogen and oxygen atoms in total. The van der Waals surface area contributed by atoms with Crippen LogP contribution in [0.1, 0.15) is 38.5 Å². The summed E-state index contributed by atoms with van der Waals surface area (Å²) in [6, 6.07) is 0.779. The third kappa shape index (κ3) is 2.96. The molecule has 0 bridgehead atoms. The lowest BCUT2D eigenvalue weighted by Gasteiger charge is -2.35. The Hall–Kier alpha value is -0.120. The van der Waals surface area contributed by atoms with Crippen molar-refractivity contribution in [3.8, 4) is 0 Å². The second kappa shape index (κ2) is 5.48. The van der Waals surface area contributed by atoms with Crippen LogP contribution in [0.25, 0.3) is 0 Å². The van der Waals surface area contributed by atoms with Crippen LogP contribution in [0.4, 0.5) is 0 Å². The molecule has 16 heavy (non-hydrogen) atoms. The van der Waals surface area contributed by atoms with E-state index in [2.05, 4.69) is 17.3 Å². The first-order valence-electron chi connectivity index (χ1n) is 6.79. The van der Waals surface area contributed by atoms with Crippen molar-refractivity contribution in [2.24, 2.45) is 5.41 Å². The third-order valence-electron chi connectivity index (χ3n) is 4.20. The van der Waals surface area contributed by atoms with Gasteiger partial charge in [0.25, 0.3) is 0 Å². The number of nitrogens with one attached hydrogen (secondary N) is 1. The summed E-state index contributed by atoms with van der Waals surface area (Å²) in [6.45, 7) is 3.52. The molecular formula is C13H26N2O. The van der Waals surface area contributed by atoms with E-state index >= 15 is 0 Å². The molecule has 0 spiro atoms. The van der Waals surface area contributed by atoms with Crippen LogP contribution < -0.4 is 5.32 Å². The summed E-state index contributed by atoms with van der Waals surface area (Å²) < 4.78 is 0. The molecule has 2 aliphatic carbocycles. The number of aliphatic hydroxyl groups excluding tert-OH is 1. The van der Waals surface area contributed by atoms with E-state index in [0.717, 1.165) is 19.1 Å². The monoisotopic (exact) mass is 226 g/mol.